The SMILES string of the molecule is CC(C)C.CC(C)C(=O)C(C)C.CC(C)C1CC(=O)N(C(C)C)C1=O.CC(C)NC(=O)CCC(=O)O.CC(C)n1[nH]c(=O)n(C(C)C)c1=O. The van der Waals surface area contributed by atoms with E-state index in [1.807, 2.05) is 83.1 Å². The molecule has 0 radical (unpaired) electrons. The Kier molecular flexibility index (Phi) is 25.0. The molecule has 1 fully saturated rings. The summed E-state index contributed by atoms with van der Waals surface area (Å²) in [5, 5.41) is 13.3. The number of hydrogen-bond donors (Lipinski definition) is 3. The van der Waals surface area contributed by atoms with Crippen LogP contribution in [-0.2, 0) is 24.0 Å². The van der Waals surface area contributed by atoms with Gasteiger partial charge in [0.2, 0.25) is 17.7 Å². The van der Waals surface area contributed by atoms with Crippen LogP contribution >= 0.6 is 0 Å². The molecular formula is C36H69N5O8. The third-order valence-electron chi connectivity index (χ3n) is 6.57. The fourth-order valence-corrected chi connectivity index (χ4v) is 4.23. The zero-order valence-corrected chi connectivity index (χ0v) is 33.5. The normalized spacial score (nSPS) is 14.1. The number of carbonyl (C=O) groups excluding carboxylic acids is 4. The molecule has 1 aromatic heterocycles. The van der Waals surface area contributed by atoms with Crippen molar-refractivity contribution in [2.24, 2.45) is 29.6 Å². The predicted molar refractivity (Wildman–Crippen MR) is 195 cm³/mol. The van der Waals surface area contributed by atoms with Crippen LogP contribution in [0.25, 0.3) is 0 Å². The minimum absolute atomic E-state index is 0.00347. The number of nitrogens with zero attached hydrogens (tertiary/aromatic N) is 3. The Hall–Kier alpha value is -3.51. The standard InChI is InChI=1S/C10H17NO2.C8H15N3O2.C7H13NO3.C7H14O.C4H10/c1-6(2)8-5-9(12)11(7(3)4)10(8)13;1-5(2)10-7(12)9-11(6(3)4)8(10)13;1-5(2)8-6(9)3-4-7(10)11;1-5(2)7(8)6(3)4;1-4(2)3/h6-8H,5H2,1-4H3;5-6H,1-4H3,(H,9,12);5H,3-4H2,1-2H3,(H,8,9)(H,10,11);5-6H,1-4H3;4H,1-3H3. The van der Waals surface area contributed by atoms with E-state index >= 15 is 0 Å². The maximum absolute atomic E-state index is 11.7. The maximum Gasteiger partial charge on any atom is 0.347 e. The van der Waals surface area contributed by atoms with E-state index < -0.39 is 5.97 Å². The van der Waals surface area contributed by atoms with Gasteiger partial charge in [-0.25, -0.2) is 23.9 Å². The number of carboxylic acid groups (broad SMARTS) is 1. The highest BCUT2D eigenvalue weighted by molar-refractivity contribution is 6.03. The molecule has 13 nitrogen and oxygen atoms in total. The van der Waals surface area contributed by atoms with Gasteiger partial charge in [-0.1, -0.05) is 62.3 Å². The second-order valence-electron chi connectivity index (χ2n) is 14.9. The quantitative estimate of drug-likeness (QED) is 0.255. The molecule has 1 aliphatic rings. The first kappa shape index (κ1) is 49.9. The first-order valence-corrected chi connectivity index (χ1v) is 17.5. The van der Waals surface area contributed by atoms with Crippen molar-refractivity contribution in [2.45, 2.75) is 161 Å². The fraction of sp³-hybridized carbons (Fsp3) is 0.806. The molecule has 1 aliphatic heterocycles. The van der Waals surface area contributed by atoms with Crippen LogP contribution in [0.3, 0.4) is 0 Å². The van der Waals surface area contributed by atoms with Gasteiger partial charge in [0, 0.05) is 54.8 Å². The smallest absolute Gasteiger partial charge is 0.347 e. The van der Waals surface area contributed by atoms with Gasteiger partial charge in [0.15, 0.2) is 0 Å². The highest BCUT2D eigenvalue weighted by atomic mass is 16.4. The number of nitrogens with one attached hydrogen (secondary N) is 2. The summed E-state index contributed by atoms with van der Waals surface area (Å²) >= 11 is 0. The van der Waals surface area contributed by atoms with Crippen LogP contribution in [0.5, 0.6) is 0 Å². The summed E-state index contributed by atoms with van der Waals surface area (Å²) in [6.45, 7) is 32.9. The third-order valence-corrected chi connectivity index (χ3v) is 6.57. The first-order valence-electron chi connectivity index (χ1n) is 17.5. The zero-order valence-electron chi connectivity index (χ0n) is 33.5. The summed E-state index contributed by atoms with van der Waals surface area (Å²) in [6, 6.07) is -0.0310. The molecule has 0 spiro atoms. The predicted octanol–water partition coefficient (Wildman–Crippen LogP) is 5.83. The third kappa shape index (κ3) is 21.2. The van der Waals surface area contributed by atoms with E-state index in [-0.39, 0.29) is 89.8 Å². The second-order valence-corrected chi connectivity index (χ2v) is 14.9. The molecule has 2 heterocycles. The average molecular weight is 700 g/mol. The van der Waals surface area contributed by atoms with E-state index in [0.717, 1.165) is 5.92 Å². The topological polar surface area (TPSA) is 181 Å². The Morgan fingerprint density at radius 1 is 0.735 bits per heavy atom. The molecule has 286 valence electrons. The Bertz CT molecular complexity index is 1250. The molecule has 2 rings (SSSR count). The van der Waals surface area contributed by atoms with Crippen molar-refractivity contribution in [1.29, 1.82) is 0 Å². The van der Waals surface area contributed by atoms with Gasteiger partial charge >= 0.3 is 17.3 Å². The number of imide groups is 1. The van der Waals surface area contributed by atoms with E-state index in [1.165, 1.54) is 14.1 Å². The molecular weight excluding hydrogens is 630 g/mol. The van der Waals surface area contributed by atoms with Gasteiger partial charge in [-0.3, -0.25) is 28.9 Å². The Morgan fingerprint density at radius 3 is 1.39 bits per heavy atom. The Balaban J connectivity index is -0.000000562. The van der Waals surface area contributed by atoms with Crippen molar-refractivity contribution in [2.75, 3.05) is 0 Å². The van der Waals surface area contributed by atoms with Crippen LogP contribution in [0, 0.1) is 29.6 Å². The lowest BCUT2D eigenvalue weighted by Crippen LogP contribution is -2.37. The highest BCUT2D eigenvalue weighted by Crippen LogP contribution is 2.27. The lowest BCUT2D eigenvalue weighted by Gasteiger charge is -2.19. The van der Waals surface area contributed by atoms with Gasteiger partial charge in [-0.15, -0.1) is 0 Å². The maximum atomic E-state index is 11.7. The first-order chi connectivity index (χ1) is 22.2. The number of H-pyrrole nitrogens is 1. The molecule has 13 heteroatoms. The van der Waals surface area contributed by atoms with Gasteiger partial charge in [-0.05, 0) is 67.2 Å². The number of hydrogen-bond acceptors (Lipinski definition) is 7. The molecule has 49 heavy (non-hydrogen) atoms. The van der Waals surface area contributed by atoms with Crippen LogP contribution < -0.4 is 16.7 Å². The summed E-state index contributed by atoms with van der Waals surface area (Å²) in [6.07, 6.45) is 0.362. The lowest BCUT2D eigenvalue weighted by atomic mass is 9.94. The van der Waals surface area contributed by atoms with Crippen LogP contribution in [0.2, 0.25) is 0 Å². The van der Waals surface area contributed by atoms with Gasteiger partial charge in [0.25, 0.3) is 0 Å². The Morgan fingerprint density at radius 2 is 1.18 bits per heavy atom. The van der Waals surface area contributed by atoms with Crippen molar-refractivity contribution >= 4 is 29.5 Å². The molecule has 1 atom stereocenters. The summed E-state index contributed by atoms with van der Waals surface area (Å²) < 4.78 is 2.54. The van der Waals surface area contributed by atoms with E-state index in [0.29, 0.717) is 12.2 Å². The molecule has 0 bridgehead atoms. The van der Waals surface area contributed by atoms with Crippen molar-refractivity contribution in [3.8, 4) is 0 Å². The minimum atomic E-state index is -0.941. The van der Waals surface area contributed by atoms with Crippen molar-refractivity contribution in [1.82, 2.24) is 24.6 Å². The van der Waals surface area contributed by atoms with E-state index in [4.69, 9.17) is 5.11 Å². The van der Waals surface area contributed by atoms with Crippen molar-refractivity contribution < 1.29 is 29.1 Å². The highest BCUT2D eigenvalue weighted by Gasteiger charge is 2.41. The summed E-state index contributed by atoms with van der Waals surface area (Å²) in [4.78, 5) is 79.0. The number of likely N-dealkylation sites (tertiary alicyclic amines) is 1. The van der Waals surface area contributed by atoms with Crippen molar-refractivity contribution in [3.63, 3.8) is 0 Å². The zero-order chi connectivity index (χ0) is 39.5. The largest absolute Gasteiger partial charge is 0.481 e. The Labute approximate surface area is 294 Å². The molecule has 0 aliphatic carbocycles. The number of carboxylic acids is 1. The average Bonchev–Trinajstić information content (AvgIpc) is 3.41. The van der Waals surface area contributed by atoms with Gasteiger partial charge in [-0.2, -0.15) is 0 Å². The van der Waals surface area contributed by atoms with Crippen LogP contribution in [0.4, 0.5) is 0 Å². The van der Waals surface area contributed by atoms with E-state index in [1.54, 1.807) is 13.8 Å². The molecule has 0 saturated carbocycles. The van der Waals surface area contributed by atoms with Gasteiger partial charge in [0.05, 0.1) is 6.42 Å². The number of amides is 3. The summed E-state index contributed by atoms with van der Waals surface area (Å²) in [7, 11) is 0. The van der Waals surface area contributed by atoms with Gasteiger partial charge < -0.3 is 10.4 Å². The number of aliphatic carboxylic acids is 1. The monoisotopic (exact) mass is 700 g/mol. The molecule has 3 N–H and O–H groups in total. The molecule has 3 amide bonds. The number of aromatic amines is 1. The number of Topliss-reactive ketones (excluding diaryl/α,β-unsaturated/α-hetero) is 1. The van der Waals surface area contributed by atoms with Gasteiger partial charge in [0.1, 0.15) is 5.78 Å². The molecule has 1 unspecified atom stereocenters. The van der Waals surface area contributed by atoms with Crippen LogP contribution in [0.1, 0.15) is 149 Å². The number of ketones is 1. The fourth-order valence-electron chi connectivity index (χ4n) is 4.23. The van der Waals surface area contributed by atoms with E-state index in [2.05, 4.69) is 31.2 Å². The van der Waals surface area contributed by atoms with E-state index in [9.17, 15) is 33.6 Å². The van der Waals surface area contributed by atoms with Crippen LogP contribution in [-0.4, -0.2) is 65.9 Å². The molecule has 1 aromatic rings. The lowest BCUT2D eigenvalue weighted by molar-refractivity contribution is -0.142. The summed E-state index contributed by atoms with van der Waals surface area (Å²) in [5.74, 6) is 0.616. The number of aromatic nitrogens is 3. The van der Waals surface area contributed by atoms with Crippen LogP contribution in [0.15, 0.2) is 9.59 Å². The second kappa shape index (κ2) is 24.6. The minimum Gasteiger partial charge on any atom is -0.481 e. The molecule has 0 aromatic carbocycles. The summed E-state index contributed by atoms with van der Waals surface area (Å²) in [5.41, 5.74) is -0.608. The number of carbonyl (C=O) groups is 5. The number of rotatable bonds is 10. The van der Waals surface area contributed by atoms with Crippen molar-refractivity contribution in [3.05, 3.63) is 21.0 Å². The molecule has 1 saturated heterocycles.